The molecule has 0 unspecified atom stereocenters. The molecule has 2 N–H and O–H groups in total. The summed E-state index contributed by atoms with van der Waals surface area (Å²) in [4.78, 5) is 41.7. The van der Waals surface area contributed by atoms with Crippen LogP contribution >= 0.6 is 0 Å². The maximum absolute atomic E-state index is 12.9. The number of benzene rings is 2. The number of fused-ring (bicyclic) bond motifs is 1. The molecule has 4 rings (SSSR count). The average molecular weight is 393 g/mol. The lowest BCUT2D eigenvalue weighted by Crippen LogP contribution is -2.70. The van der Waals surface area contributed by atoms with Gasteiger partial charge in [-0.05, 0) is 36.8 Å². The first-order valence-corrected chi connectivity index (χ1v) is 9.67. The van der Waals surface area contributed by atoms with Crippen molar-refractivity contribution < 1.29 is 19.5 Å². The fourth-order valence-corrected chi connectivity index (χ4v) is 3.95. The van der Waals surface area contributed by atoms with Crippen molar-refractivity contribution in [2.75, 3.05) is 19.6 Å². The topological polar surface area (TPSA) is 90.0 Å². The zero-order valence-corrected chi connectivity index (χ0v) is 16.2. The molecule has 0 bridgehead atoms. The molecule has 7 nitrogen and oxygen atoms in total. The van der Waals surface area contributed by atoms with E-state index in [2.05, 4.69) is 5.32 Å². The van der Waals surface area contributed by atoms with Gasteiger partial charge in [-0.25, -0.2) is 0 Å². The van der Waals surface area contributed by atoms with E-state index in [-0.39, 0.29) is 30.0 Å². The Labute approximate surface area is 168 Å². The quantitative estimate of drug-likeness (QED) is 0.817. The molecule has 2 heterocycles. The van der Waals surface area contributed by atoms with Crippen LogP contribution in [0.25, 0.3) is 0 Å². The standard InChI is InChI=1S/C22H23N3O4/c1-14-3-2-4-16(11-14)21(28)24-9-10-25-19(13-24)20(27)23-18(22(25)29)12-15-5-7-17(26)8-6-15/h2-8,11,18-19,26H,9-10,12-13H2,1H3,(H,23,27)/t18-,19-/m1/s1. The molecule has 7 heteroatoms. The molecule has 3 amide bonds. The number of hydrogen-bond donors (Lipinski definition) is 2. The number of carbonyl (C=O) groups is 3. The number of hydrogen-bond acceptors (Lipinski definition) is 4. The number of nitrogens with zero attached hydrogens (tertiary/aromatic N) is 2. The van der Waals surface area contributed by atoms with Crippen molar-refractivity contribution in [3.05, 3.63) is 65.2 Å². The summed E-state index contributed by atoms with van der Waals surface area (Å²) in [7, 11) is 0. The highest BCUT2D eigenvalue weighted by Crippen LogP contribution is 2.21. The van der Waals surface area contributed by atoms with Gasteiger partial charge in [0, 0.05) is 25.1 Å². The third-order valence-electron chi connectivity index (χ3n) is 5.51. The van der Waals surface area contributed by atoms with Gasteiger partial charge in [0.15, 0.2) is 0 Å². The van der Waals surface area contributed by atoms with E-state index >= 15 is 0 Å². The maximum Gasteiger partial charge on any atom is 0.254 e. The van der Waals surface area contributed by atoms with Gasteiger partial charge in [0.1, 0.15) is 17.8 Å². The Morgan fingerprint density at radius 1 is 1.14 bits per heavy atom. The second-order valence-electron chi connectivity index (χ2n) is 7.60. The number of piperazine rings is 2. The fraction of sp³-hybridized carbons (Fsp3) is 0.318. The Morgan fingerprint density at radius 2 is 1.90 bits per heavy atom. The fourth-order valence-electron chi connectivity index (χ4n) is 3.95. The van der Waals surface area contributed by atoms with E-state index in [1.165, 1.54) is 0 Å². The van der Waals surface area contributed by atoms with Crippen LogP contribution in [0.1, 0.15) is 21.5 Å². The highest BCUT2D eigenvalue weighted by Gasteiger charge is 2.44. The van der Waals surface area contributed by atoms with Gasteiger partial charge in [-0.2, -0.15) is 0 Å². The minimum absolute atomic E-state index is 0.125. The zero-order chi connectivity index (χ0) is 20.5. The summed E-state index contributed by atoms with van der Waals surface area (Å²) in [5, 5.41) is 12.2. The van der Waals surface area contributed by atoms with Gasteiger partial charge in [0.05, 0.1) is 6.54 Å². The lowest BCUT2D eigenvalue weighted by Gasteiger charge is -2.45. The molecular weight excluding hydrogens is 370 g/mol. The second kappa shape index (κ2) is 7.58. The van der Waals surface area contributed by atoms with Crippen LogP contribution in [0.5, 0.6) is 5.75 Å². The summed E-state index contributed by atoms with van der Waals surface area (Å²) in [5.41, 5.74) is 2.44. The monoisotopic (exact) mass is 393 g/mol. The molecule has 2 aromatic carbocycles. The van der Waals surface area contributed by atoms with E-state index in [1.807, 2.05) is 25.1 Å². The molecule has 2 aliphatic rings. The minimum Gasteiger partial charge on any atom is -0.508 e. The number of phenols is 1. The molecule has 2 aliphatic heterocycles. The Kier molecular flexibility index (Phi) is 4.96. The molecule has 29 heavy (non-hydrogen) atoms. The van der Waals surface area contributed by atoms with Crippen LogP contribution < -0.4 is 5.32 Å². The Morgan fingerprint density at radius 3 is 2.62 bits per heavy atom. The van der Waals surface area contributed by atoms with Crippen LogP contribution in [-0.2, 0) is 16.0 Å². The van der Waals surface area contributed by atoms with Gasteiger partial charge < -0.3 is 20.2 Å². The van der Waals surface area contributed by atoms with Gasteiger partial charge in [0.25, 0.3) is 5.91 Å². The highest BCUT2D eigenvalue weighted by molar-refractivity contribution is 5.99. The third-order valence-corrected chi connectivity index (χ3v) is 5.51. The molecular formula is C22H23N3O4. The maximum atomic E-state index is 12.9. The first-order chi connectivity index (χ1) is 13.9. The minimum atomic E-state index is -0.666. The molecule has 2 atom stereocenters. The van der Waals surface area contributed by atoms with Crippen molar-refractivity contribution in [3.63, 3.8) is 0 Å². The van der Waals surface area contributed by atoms with Gasteiger partial charge in [-0.3, -0.25) is 14.4 Å². The van der Waals surface area contributed by atoms with Crippen LogP contribution in [0.3, 0.4) is 0 Å². The predicted octanol–water partition coefficient (Wildman–Crippen LogP) is 1.09. The Hall–Kier alpha value is -3.35. The third kappa shape index (κ3) is 3.81. The first-order valence-electron chi connectivity index (χ1n) is 9.67. The number of aryl methyl sites for hydroxylation is 1. The summed E-state index contributed by atoms with van der Waals surface area (Å²) < 4.78 is 0. The predicted molar refractivity (Wildman–Crippen MR) is 106 cm³/mol. The molecule has 0 spiro atoms. The Balaban J connectivity index is 1.46. The van der Waals surface area contributed by atoms with Crippen LogP contribution in [0.2, 0.25) is 0 Å². The van der Waals surface area contributed by atoms with Crippen molar-refractivity contribution in [1.82, 2.24) is 15.1 Å². The normalized spacial score (nSPS) is 21.6. The Bertz CT molecular complexity index is 957. The van der Waals surface area contributed by atoms with Crippen molar-refractivity contribution in [3.8, 4) is 5.75 Å². The molecule has 2 aromatic rings. The van der Waals surface area contributed by atoms with Crippen molar-refractivity contribution in [2.24, 2.45) is 0 Å². The second-order valence-corrected chi connectivity index (χ2v) is 7.60. The number of aromatic hydroxyl groups is 1. The van der Waals surface area contributed by atoms with Gasteiger partial charge in [-0.1, -0.05) is 29.8 Å². The molecule has 2 fully saturated rings. The van der Waals surface area contributed by atoms with Crippen LogP contribution in [-0.4, -0.2) is 64.3 Å². The van der Waals surface area contributed by atoms with Crippen LogP contribution in [0.4, 0.5) is 0 Å². The van der Waals surface area contributed by atoms with E-state index in [0.717, 1.165) is 11.1 Å². The van der Waals surface area contributed by atoms with Crippen LogP contribution in [0.15, 0.2) is 48.5 Å². The number of phenolic OH excluding ortho intramolecular Hbond substituents is 1. The number of rotatable bonds is 3. The molecule has 0 radical (unpaired) electrons. The lowest BCUT2D eigenvalue weighted by atomic mass is 9.98. The molecule has 0 saturated carbocycles. The van der Waals surface area contributed by atoms with Gasteiger partial charge in [0.2, 0.25) is 11.8 Å². The summed E-state index contributed by atoms with van der Waals surface area (Å²) >= 11 is 0. The van der Waals surface area contributed by atoms with E-state index < -0.39 is 12.1 Å². The van der Waals surface area contributed by atoms with Crippen molar-refractivity contribution in [2.45, 2.75) is 25.4 Å². The van der Waals surface area contributed by atoms with E-state index in [4.69, 9.17) is 0 Å². The van der Waals surface area contributed by atoms with Crippen molar-refractivity contribution in [1.29, 1.82) is 0 Å². The van der Waals surface area contributed by atoms with Crippen molar-refractivity contribution >= 4 is 17.7 Å². The smallest absolute Gasteiger partial charge is 0.254 e. The van der Waals surface area contributed by atoms with Crippen LogP contribution in [0, 0.1) is 6.92 Å². The summed E-state index contributed by atoms with van der Waals surface area (Å²) in [6.45, 7) is 2.85. The van der Waals surface area contributed by atoms with Gasteiger partial charge in [-0.15, -0.1) is 0 Å². The first kappa shape index (κ1) is 19.0. The molecule has 150 valence electrons. The van der Waals surface area contributed by atoms with E-state index in [9.17, 15) is 19.5 Å². The summed E-state index contributed by atoms with van der Waals surface area (Å²) in [5.74, 6) is -0.345. The number of nitrogens with one attached hydrogen (secondary N) is 1. The number of carbonyl (C=O) groups excluding carboxylic acids is 3. The lowest BCUT2D eigenvalue weighted by molar-refractivity contribution is -0.152. The number of amides is 3. The highest BCUT2D eigenvalue weighted by atomic mass is 16.3. The largest absolute Gasteiger partial charge is 0.508 e. The molecule has 2 saturated heterocycles. The molecule has 0 aliphatic carbocycles. The van der Waals surface area contributed by atoms with E-state index in [0.29, 0.717) is 25.1 Å². The SMILES string of the molecule is Cc1cccc(C(=O)N2CCN3C(=O)[C@@H](Cc4ccc(O)cc4)NC(=O)[C@H]3C2)c1. The summed E-state index contributed by atoms with van der Waals surface area (Å²) in [6.07, 6.45) is 0.361. The summed E-state index contributed by atoms with van der Waals surface area (Å²) in [6, 6.07) is 12.6. The average Bonchev–Trinajstić information content (AvgIpc) is 2.72. The molecule has 0 aromatic heterocycles. The van der Waals surface area contributed by atoms with E-state index in [1.54, 1.807) is 40.1 Å². The zero-order valence-electron chi connectivity index (χ0n) is 16.2. The van der Waals surface area contributed by atoms with Gasteiger partial charge >= 0.3 is 0 Å².